The second-order valence-corrected chi connectivity index (χ2v) is 7.75. The van der Waals surface area contributed by atoms with E-state index in [-0.39, 0.29) is 0 Å². The van der Waals surface area contributed by atoms with Gasteiger partial charge in [-0.2, -0.15) is 0 Å². The number of hydrogen-bond acceptors (Lipinski definition) is 1. The molecule has 0 N–H and O–H groups in total. The van der Waals surface area contributed by atoms with Gasteiger partial charge in [-0.3, -0.25) is 0 Å². The first-order chi connectivity index (χ1) is 13.3. The van der Waals surface area contributed by atoms with Gasteiger partial charge in [-0.05, 0) is 53.2 Å². The van der Waals surface area contributed by atoms with Crippen molar-refractivity contribution in [3.63, 3.8) is 0 Å². The zero-order valence-corrected chi connectivity index (χ0v) is 16.4. The quantitative estimate of drug-likeness (QED) is 0.449. The summed E-state index contributed by atoms with van der Waals surface area (Å²) in [7, 11) is 0. The highest BCUT2D eigenvalue weighted by atomic mass is 35.5. The third kappa shape index (κ3) is 4.36. The third-order valence-electron chi connectivity index (χ3n) is 5.55. The summed E-state index contributed by atoms with van der Waals surface area (Å²) in [5.74, 6) is 1.31. The Balaban J connectivity index is 1.61. The van der Waals surface area contributed by atoms with Crippen LogP contribution in [0.25, 0.3) is 16.8 Å². The van der Waals surface area contributed by atoms with Gasteiger partial charge in [-0.15, -0.1) is 11.6 Å². The summed E-state index contributed by atoms with van der Waals surface area (Å²) < 4.78 is 0. The minimum Gasteiger partial charge on any atom is -0.375 e. The fraction of sp³-hybridized carbons (Fsp3) is 0.280. The molecule has 1 saturated heterocycles. The molecule has 27 heavy (non-hydrogen) atoms. The van der Waals surface area contributed by atoms with Crippen molar-refractivity contribution in [2.45, 2.75) is 25.2 Å². The van der Waals surface area contributed by atoms with Crippen LogP contribution in [0.4, 0.5) is 0 Å². The fourth-order valence-corrected chi connectivity index (χ4v) is 4.20. The molecule has 1 atom stereocenters. The predicted octanol–water partition coefficient (Wildman–Crippen LogP) is 6.69. The van der Waals surface area contributed by atoms with Gasteiger partial charge >= 0.3 is 0 Å². The predicted molar refractivity (Wildman–Crippen MR) is 117 cm³/mol. The van der Waals surface area contributed by atoms with E-state index in [1.54, 1.807) is 0 Å². The summed E-state index contributed by atoms with van der Waals surface area (Å²) in [6.07, 6.45) is 5.69. The van der Waals surface area contributed by atoms with Gasteiger partial charge in [0.1, 0.15) is 0 Å². The molecule has 0 aromatic heterocycles. The van der Waals surface area contributed by atoms with Crippen LogP contribution in [0.15, 0.2) is 78.5 Å². The van der Waals surface area contributed by atoms with Crippen molar-refractivity contribution < 1.29 is 0 Å². The van der Waals surface area contributed by atoms with Crippen LogP contribution in [0, 0.1) is 0 Å². The molecule has 2 heteroatoms. The maximum atomic E-state index is 5.96. The lowest BCUT2D eigenvalue weighted by Crippen LogP contribution is -2.32. The fourth-order valence-electron chi connectivity index (χ4n) is 4.08. The van der Waals surface area contributed by atoms with Gasteiger partial charge in [0, 0.05) is 24.7 Å². The lowest BCUT2D eigenvalue weighted by atomic mass is 9.86. The highest BCUT2D eigenvalue weighted by Gasteiger charge is 2.24. The zero-order chi connectivity index (χ0) is 18.5. The lowest BCUT2D eigenvalue weighted by Gasteiger charge is -2.36. The number of nitrogens with zero attached hydrogens (tertiary/aromatic N) is 1. The van der Waals surface area contributed by atoms with Crippen molar-refractivity contribution in [2.24, 2.45) is 0 Å². The number of hydrogen-bond donors (Lipinski definition) is 0. The number of likely N-dealkylation sites (tertiary alicyclic amines) is 1. The topological polar surface area (TPSA) is 3.24 Å². The minimum atomic E-state index is 0.580. The smallest absolute Gasteiger partial charge is 0.0240 e. The van der Waals surface area contributed by atoms with Crippen molar-refractivity contribution in [1.29, 1.82) is 0 Å². The lowest BCUT2D eigenvalue weighted by molar-refractivity contribution is 0.276. The summed E-state index contributed by atoms with van der Waals surface area (Å²) in [4.78, 5) is 2.53. The summed E-state index contributed by atoms with van der Waals surface area (Å²) in [5.41, 5.74) is 4.18. The molecule has 0 spiro atoms. The Morgan fingerprint density at radius 3 is 2.52 bits per heavy atom. The minimum absolute atomic E-state index is 0.580. The van der Waals surface area contributed by atoms with Crippen LogP contribution in [0.2, 0.25) is 0 Å². The summed E-state index contributed by atoms with van der Waals surface area (Å²) in [6, 6.07) is 26.3. The highest BCUT2D eigenvalue weighted by molar-refractivity contribution is 6.17. The standard InChI is InChI=1S/C25H26ClN/c26-14-6-15-27-16-13-24(19-25(27)17-20-7-2-1-3-8-20)23-12-11-21-9-4-5-10-22(21)18-23/h1-5,7-12,17-18,24H,6,13-16,19H2. The van der Waals surface area contributed by atoms with Crippen LogP contribution in [0.1, 0.15) is 36.3 Å². The molecule has 1 unspecified atom stereocenters. The summed E-state index contributed by atoms with van der Waals surface area (Å²) in [6.45, 7) is 2.15. The second kappa shape index (κ2) is 8.63. The van der Waals surface area contributed by atoms with E-state index >= 15 is 0 Å². The Kier molecular flexibility index (Phi) is 5.79. The first kappa shape index (κ1) is 18.1. The van der Waals surface area contributed by atoms with Crippen LogP contribution < -0.4 is 0 Å². The van der Waals surface area contributed by atoms with E-state index in [9.17, 15) is 0 Å². The van der Waals surface area contributed by atoms with Crippen molar-refractivity contribution >= 4 is 28.4 Å². The maximum Gasteiger partial charge on any atom is 0.0240 e. The van der Waals surface area contributed by atoms with Crippen LogP contribution >= 0.6 is 11.6 Å². The van der Waals surface area contributed by atoms with E-state index in [1.807, 2.05) is 0 Å². The normalized spacial score (nSPS) is 18.9. The Labute approximate surface area is 167 Å². The van der Waals surface area contributed by atoms with Gasteiger partial charge in [-0.1, -0.05) is 72.8 Å². The number of alkyl halides is 1. The molecule has 138 valence electrons. The van der Waals surface area contributed by atoms with Gasteiger partial charge in [0.05, 0.1) is 0 Å². The average Bonchev–Trinajstić information content (AvgIpc) is 2.73. The average molecular weight is 376 g/mol. The number of rotatable bonds is 5. The molecule has 1 aliphatic heterocycles. The van der Waals surface area contributed by atoms with E-state index in [0.29, 0.717) is 5.92 Å². The zero-order valence-electron chi connectivity index (χ0n) is 15.7. The van der Waals surface area contributed by atoms with E-state index in [4.69, 9.17) is 11.6 Å². The van der Waals surface area contributed by atoms with Crippen molar-refractivity contribution in [1.82, 2.24) is 4.90 Å². The molecule has 1 nitrogen and oxygen atoms in total. The second-order valence-electron chi connectivity index (χ2n) is 7.37. The summed E-state index contributed by atoms with van der Waals surface area (Å²) >= 11 is 5.96. The molecule has 1 heterocycles. The summed E-state index contributed by atoms with van der Waals surface area (Å²) in [5, 5.41) is 2.66. The van der Waals surface area contributed by atoms with Crippen molar-refractivity contribution in [2.75, 3.05) is 19.0 Å². The molecule has 0 amide bonds. The molecule has 0 saturated carbocycles. The molecule has 0 bridgehead atoms. The third-order valence-corrected chi connectivity index (χ3v) is 5.82. The Morgan fingerprint density at radius 1 is 0.926 bits per heavy atom. The van der Waals surface area contributed by atoms with Crippen molar-refractivity contribution in [3.05, 3.63) is 89.6 Å². The van der Waals surface area contributed by atoms with Gasteiger partial charge in [0.25, 0.3) is 0 Å². The number of piperidine rings is 1. The SMILES string of the molecule is ClCCCN1CCC(c2ccc3ccccc3c2)CC1=Cc1ccccc1. The maximum absolute atomic E-state index is 5.96. The monoisotopic (exact) mass is 375 g/mol. The van der Waals surface area contributed by atoms with Crippen molar-refractivity contribution in [3.8, 4) is 0 Å². The Bertz CT molecular complexity index is 916. The Morgan fingerprint density at radius 2 is 1.70 bits per heavy atom. The van der Waals surface area contributed by atoms with E-state index < -0.39 is 0 Å². The van der Waals surface area contributed by atoms with Crippen LogP contribution in [-0.2, 0) is 0 Å². The van der Waals surface area contributed by atoms with Gasteiger partial charge < -0.3 is 4.90 Å². The first-order valence-corrected chi connectivity index (χ1v) is 10.4. The van der Waals surface area contributed by atoms with Crippen LogP contribution in [-0.4, -0.2) is 23.9 Å². The van der Waals surface area contributed by atoms with E-state index in [0.717, 1.165) is 31.8 Å². The number of fused-ring (bicyclic) bond motifs is 1. The molecule has 0 aliphatic carbocycles. The van der Waals surface area contributed by atoms with Gasteiger partial charge in [0.2, 0.25) is 0 Å². The van der Waals surface area contributed by atoms with Crippen LogP contribution in [0.3, 0.4) is 0 Å². The van der Waals surface area contributed by atoms with Gasteiger partial charge in [0.15, 0.2) is 0 Å². The molecular formula is C25H26ClN. The molecule has 3 aromatic rings. The first-order valence-electron chi connectivity index (χ1n) is 9.89. The molecule has 4 rings (SSSR count). The molecule has 1 aliphatic rings. The highest BCUT2D eigenvalue weighted by Crippen LogP contribution is 2.35. The van der Waals surface area contributed by atoms with Gasteiger partial charge in [-0.25, -0.2) is 0 Å². The largest absolute Gasteiger partial charge is 0.375 e. The number of halogens is 1. The number of allylic oxidation sites excluding steroid dienone is 1. The van der Waals surface area contributed by atoms with E-state index in [2.05, 4.69) is 83.8 Å². The van der Waals surface area contributed by atoms with Crippen LogP contribution in [0.5, 0.6) is 0 Å². The molecular weight excluding hydrogens is 350 g/mol. The Hall–Kier alpha value is -2.25. The van der Waals surface area contributed by atoms with E-state index in [1.165, 1.54) is 34.0 Å². The molecule has 0 radical (unpaired) electrons. The molecule has 3 aromatic carbocycles. The number of benzene rings is 3. The molecule has 1 fully saturated rings.